The minimum absolute atomic E-state index is 1.17. The highest BCUT2D eigenvalue weighted by Crippen LogP contribution is 2.02. The van der Waals surface area contributed by atoms with Crippen LogP contribution in [0.25, 0.3) is 0 Å². The lowest BCUT2D eigenvalue weighted by molar-refractivity contribution is 0.688. The summed E-state index contributed by atoms with van der Waals surface area (Å²) in [4.78, 5) is 0. The highest BCUT2D eigenvalue weighted by Gasteiger charge is 1.88. The fourth-order valence-electron chi connectivity index (χ4n) is 1.01. The molecule has 0 aromatic carbocycles. The van der Waals surface area contributed by atoms with Gasteiger partial charge in [0.15, 0.2) is 0 Å². The van der Waals surface area contributed by atoms with Gasteiger partial charge in [0.1, 0.15) is 0 Å². The number of aryl methyl sites for hydroxylation is 1. The van der Waals surface area contributed by atoms with Gasteiger partial charge in [-0.1, -0.05) is 6.92 Å². The van der Waals surface area contributed by atoms with E-state index in [0.717, 1.165) is 0 Å². The van der Waals surface area contributed by atoms with Crippen LogP contribution in [0.2, 0.25) is 0 Å². The van der Waals surface area contributed by atoms with Gasteiger partial charge in [0.25, 0.3) is 0 Å². The Hall–Kier alpha value is -0.370. The molecule has 0 saturated carbocycles. The molecule has 0 saturated heterocycles. The third-order valence-electron chi connectivity index (χ3n) is 1.58. The van der Waals surface area contributed by atoms with Gasteiger partial charge in [-0.3, -0.25) is 0 Å². The van der Waals surface area contributed by atoms with Gasteiger partial charge in [0.2, 0.25) is 0 Å². The molecular weight excluding hydrogens is 154 g/mol. The van der Waals surface area contributed by atoms with Gasteiger partial charge in [0, 0.05) is 18.9 Å². The van der Waals surface area contributed by atoms with Crippen LogP contribution in [0.5, 0.6) is 0 Å². The Kier molecular flexibility index (Phi) is 4.21. The van der Waals surface area contributed by atoms with Crippen LogP contribution < -0.4 is 0 Å². The zero-order chi connectivity index (χ0) is 7.94. The van der Waals surface area contributed by atoms with Crippen molar-refractivity contribution in [1.82, 2.24) is 4.57 Å². The highest BCUT2D eigenvalue weighted by molar-refractivity contribution is 7.99. The van der Waals surface area contributed by atoms with E-state index in [0.29, 0.717) is 0 Å². The van der Waals surface area contributed by atoms with E-state index in [2.05, 4.69) is 36.0 Å². The first-order valence-corrected chi connectivity index (χ1v) is 5.27. The molecule has 0 aliphatic heterocycles. The lowest BCUT2D eigenvalue weighted by Gasteiger charge is -2.00. The molecular formula is C9H15NS. The molecule has 0 spiro atoms. The standard InChI is InChI=1S/C9H15NS/c1-2-11-9-5-8-10-6-3-4-7-10/h3-4,6-7H,2,5,8-9H2,1H3. The van der Waals surface area contributed by atoms with Crippen molar-refractivity contribution in [3.8, 4) is 0 Å². The molecule has 0 atom stereocenters. The smallest absolute Gasteiger partial charge is 0.0227 e. The van der Waals surface area contributed by atoms with Crippen molar-refractivity contribution in [3.63, 3.8) is 0 Å². The molecule has 11 heavy (non-hydrogen) atoms. The second kappa shape index (κ2) is 5.30. The fraction of sp³-hybridized carbons (Fsp3) is 0.556. The number of aromatic nitrogens is 1. The molecule has 62 valence electrons. The Labute approximate surface area is 72.8 Å². The van der Waals surface area contributed by atoms with Gasteiger partial charge in [0.05, 0.1) is 0 Å². The van der Waals surface area contributed by atoms with E-state index in [4.69, 9.17) is 0 Å². The van der Waals surface area contributed by atoms with Crippen molar-refractivity contribution < 1.29 is 0 Å². The summed E-state index contributed by atoms with van der Waals surface area (Å²) in [6.45, 7) is 3.38. The average Bonchev–Trinajstić information content (AvgIpc) is 2.50. The topological polar surface area (TPSA) is 4.93 Å². The molecule has 0 aliphatic carbocycles. The van der Waals surface area contributed by atoms with Gasteiger partial charge in [-0.05, 0) is 30.1 Å². The molecule has 2 heteroatoms. The van der Waals surface area contributed by atoms with E-state index in [1.807, 2.05) is 11.8 Å². The predicted octanol–water partition coefficient (Wildman–Crippen LogP) is 2.63. The van der Waals surface area contributed by atoms with Crippen molar-refractivity contribution in [1.29, 1.82) is 0 Å². The molecule has 0 N–H and O–H groups in total. The summed E-state index contributed by atoms with van der Waals surface area (Å²) in [5.74, 6) is 2.53. The number of hydrogen-bond acceptors (Lipinski definition) is 1. The largest absolute Gasteiger partial charge is 0.354 e. The number of thioether (sulfide) groups is 1. The number of nitrogens with zero attached hydrogens (tertiary/aromatic N) is 1. The van der Waals surface area contributed by atoms with Crippen LogP contribution in [0, 0.1) is 0 Å². The molecule has 0 fully saturated rings. The van der Waals surface area contributed by atoms with Gasteiger partial charge >= 0.3 is 0 Å². The molecule has 1 aromatic heterocycles. The number of hydrogen-bond donors (Lipinski definition) is 0. The molecule has 0 amide bonds. The first-order chi connectivity index (χ1) is 5.43. The first-order valence-electron chi connectivity index (χ1n) is 4.12. The van der Waals surface area contributed by atoms with E-state index in [1.165, 1.54) is 24.5 Å². The van der Waals surface area contributed by atoms with Gasteiger partial charge in [-0.25, -0.2) is 0 Å². The van der Waals surface area contributed by atoms with Crippen molar-refractivity contribution in [2.24, 2.45) is 0 Å². The first kappa shape index (κ1) is 8.72. The minimum Gasteiger partial charge on any atom is -0.354 e. The Morgan fingerprint density at radius 3 is 2.64 bits per heavy atom. The molecule has 1 rings (SSSR count). The van der Waals surface area contributed by atoms with Gasteiger partial charge in [-0.2, -0.15) is 11.8 Å². The molecule has 0 unspecified atom stereocenters. The second-order valence-electron chi connectivity index (χ2n) is 2.47. The van der Waals surface area contributed by atoms with E-state index in [1.54, 1.807) is 0 Å². The second-order valence-corrected chi connectivity index (χ2v) is 3.87. The quantitative estimate of drug-likeness (QED) is 0.613. The van der Waals surface area contributed by atoms with Crippen LogP contribution in [0.1, 0.15) is 13.3 Å². The SMILES string of the molecule is CCSCCCn1cccc1. The summed E-state index contributed by atoms with van der Waals surface area (Å²) < 4.78 is 2.23. The van der Waals surface area contributed by atoms with Crippen molar-refractivity contribution >= 4 is 11.8 Å². The maximum Gasteiger partial charge on any atom is 0.0227 e. The van der Waals surface area contributed by atoms with Crippen LogP contribution in [0.15, 0.2) is 24.5 Å². The normalized spacial score (nSPS) is 10.3. The van der Waals surface area contributed by atoms with Crippen LogP contribution in [-0.4, -0.2) is 16.1 Å². The van der Waals surface area contributed by atoms with Crippen LogP contribution in [0.4, 0.5) is 0 Å². The van der Waals surface area contributed by atoms with Crippen LogP contribution in [-0.2, 0) is 6.54 Å². The van der Waals surface area contributed by atoms with E-state index >= 15 is 0 Å². The fourth-order valence-corrected chi connectivity index (χ4v) is 1.63. The molecule has 1 heterocycles. The molecule has 0 aliphatic rings. The zero-order valence-electron chi connectivity index (χ0n) is 6.99. The summed E-state index contributed by atoms with van der Waals surface area (Å²) in [6, 6.07) is 4.15. The average molecular weight is 169 g/mol. The number of rotatable bonds is 5. The van der Waals surface area contributed by atoms with Crippen molar-refractivity contribution in [2.45, 2.75) is 19.9 Å². The van der Waals surface area contributed by atoms with Gasteiger partial charge in [-0.15, -0.1) is 0 Å². The summed E-state index contributed by atoms with van der Waals surface area (Å²) in [6.07, 6.45) is 5.53. The lowest BCUT2D eigenvalue weighted by Crippen LogP contribution is -1.95. The Balaban J connectivity index is 2.04. The Morgan fingerprint density at radius 1 is 1.27 bits per heavy atom. The van der Waals surface area contributed by atoms with E-state index in [-0.39, 0.29) is 0 Å². The molecule has 0 radical (unpaired) electrons. The zero-order valence-corrected chi connectivity index (χ0v) is 7.81. The van der Waals surface area contributed by atoms with Crippen molar-refractivity contribution in [2.75, 3.05) is 11.5 Å². The maximum absolute atomic E-state index is 2.23. The Morgan fingerprint density at radius 2 is 2.00 bits per heavy atom. The highest BCUT2D eigenvalue weighted by atomic mass is 32.2. The Bertz CT molecular complexity index is 170. The lowest BCUT2D eigenvalue weighted by atomic mass is 10.5. The summed E-state index contributed by atoms with van der Waals surface area (Å²) in [7, 11) is 0. The van der Waals surface area contributed by atoms with E-state index in [9.17, 15) is 0 Å². The summed E-state index contributed by atoms with van der Waals surface area (Å²) in [5, 5.41) is 0. The van der Waals surface area contributed by atoms with Crippen LogP contribution in [0.3, 0.4) is 0 Å². The maximum atomic E-state index is 2.23. The monoisotopic (exact) mass is 169 g/mol. The minimum atomic E-state index is 1.17. The molecule has 0 bridgehead atoms. The third kappa shape index (κ3) is 3.51. The summed E-state index contributed by atoms with van der Waals surface area (Å²) in [5.41, 5.74) is 0. The molecule has 1 nitrogen and oxygen atoms in total. The van der Waals surface area contributed by atoms with Gasteiger partial charge < -0.3 is 4.57 Å². The van der Waals surface area contributed by atoms with E-state index < -0.39 is 0 Å². The molecule has 1 aromatic rings. The third-order valence-corrected chi connectivity index (χ3v) is 2.56. The van der Waals surface area contributed by atoms with Crippen LogP contribution >= 0.6 is 11.8 Å². The predicted molar refractivity (Wildman–Crippen MR) is 52.0 cm³/mol. The van der Waals surface area contributed by atoms with Crippen molar-refractivity contribution in [3.05, 3.63) is 24.5 Å². The summed E-state index contributed by atoms with van der Waals surface area (Å²) >= 11 is 2.02.